The molecule has 2 aliphatic rings. The number of aryl methyl sites for hydroxylation is 2. The number of nitrogens with zero attached hydrogens (tertiary/aromatic N) is 2. The first-order valence-corrected chi connectivity index (χ1v) is 11.9. The second kappa shape index (κ2) is 8.93. The quantitative estimate of drug-likeness (QED) is 0.694. The number of ether oxygens (including phenoxy) is 1. The van der Waals surface area contributed by atoms with E-state index >= 15 is 0 Å². The Bertz CT molecular complexity index is 1060. The highest BCUT2D eigenvalue weighted by molar-refractivity contribution is 5.97. The molecule has 4 rings (SSSR count). The maximum absolute atomic E-state index is 13.1. The van der Waals surface area contributed by atoms with E-state index < -0.39 is 5.97 Å². The standard InChI is InChI=1S/C26H35N3O4/c1-5-20-22-21(14-26(15-27-23(22)30)8-10-33-11-9-26)29(28-20)16-25(3,4)13-18-12-17(2)6-7-19(18)24(31)32/h6-7,12H,5,8-11,13-16H2,1-4H3,(H,27,30)(H,31,32). The monoisotopic (exact) mass is 453 g/mol. The number of hydrogen-bond donors (Lipinski definition) is 2. The van der Waals surface area contributed by atoms with Gasteiger partial charge in [0, 0.05) is 26.3 Å². The van der Waals surface area contributed by atoms with E-state index in [2.05, 4.69) is 19.2 Å². The summed E-state index contributed by atoms with van der Waals surface area (Å²) in [6.45, 7) is 11.0. The fraction of sp³-hybridized carbons (Fsp3) is 0.577. The van der Waals surface area contributed by atoms with Crippen LogP contribution >= 0.6 is 0 Å². The van der Waals surface area contributed by atoms with Gasteiger partial charge in [0.25, 0.3) is 5.91 Å². The molecule has 178 valence electrons. The average molecular weight is 454 g/mol. The lowest BCUT2D eigenvalue weighted by Crippen LogP contribution is -2.41. The minimum Gasteiger partial charge on any atom is -0.478 e. The van der Waals surface area contributed by atoms with Crippen molar-refractivity contribution >= 4 is 11.9 Å². The van der Waals surface area contributed by atoms with Crippen LogP contribution in [0, 0.1) is 17.8 Å². The van der Waals surface area contributed by atoms with Crippen molar-refractivity contribution < 1.29 is 19.4 Å². The summed E-state index contributed by atoms with van der Waals surface area (Å²) in [7, 11) is 0. The molecular formula is C26H35N3O4. The molecule has 1 amide bonds. The number of nitrogens with one attached hydrogen (secondary N) is 1. The molecule has 0 unspecified atom stereocenters. The second-order valence-corrected chi connectivity index (χ2v) is 10.6. The summed E-state index contributed by atoms with van der Waals surface area (Å²) in [6, 6.07) is 5.50. The molecule has 1 aromatic carbocycles. The molecule has 1 aromatic heterocycles. The summed E-state index contributed by atoms with van der Waals surface area (Å²) in [6.07, 6.45) is 3.96. The lowest BCUT2D eigenvalue weighted by atomic mass is 9.76. The van der Waals surface area contributed by atoms with Gasteiger partial charge >= 0.3 is 5.97 Å². The number of aromatic nitrogens is 2. The first kappa shape index (κ1) is 23.5. The molecule has 2 aromatic rings. The number of rotatable bonds is 6. The molecule has 7 nitrogen and oxygen atoms in total. The summed E-state index contributed by atoms with van der Waals surface area (Å²) in [4.78, 5) is 24.9. The fourth-order valence-corrected chi connectivity index (χ4v) is 5.36. The topological polar surface area (TPSA) is 93.5 Å². The maximum Gasteiger partial charge on any atom is 0.335 e. The molecular weight excluding hydrogens is 418 g/mol. The van der Waals surface area contributed by atoms with Crippen molar-refractivity contribution in [2.24, 2.45) is 10.8 Å². The number of aromatic carboxylic acids is 1. The van der Waals surface area contributed by atoms with Crippen molar-refractivity contribution in [3.05, 3.63) is 51.8 Å². The van der Waals surface area contributed by atoms with E-state index in [0.717, 1.165) is 60.6 Å². The van der Waals surface area contributed by atoms with E-state index in [1.165, 1.54) is 0 Å². The lowest BCUT2D eigenvalue weighted by molar-refractivity contribution is 0.0150. The summed E-state index contributed by atoms with van der Waals surface area (Å²) in [5, 5.41) is 17.7. The molecule has 2 N–H and O–H groups in total. The number of hydrogen-bond acceptors (Lipinski definition) is 4. The Kier molecular flexibility index (Phi) is 6.36. The normalized spacial score (nSPS) is 18.0. The van der Waals surface area contributed by atoms with Gasteiger partial charge in [0.1, 0.15) is 0 Å². The van der Waals surface area contributed by atoms with Gasteiger partial charge in [0.15, 0.2) is 0 Å². The molecule has 1 saturated heterocycles. The van der Waals surface area contributed by atoms with Crippen LogP contribution in [0.15, 0.2) is 18.2 Å². The smallest absolute Gasteiger partial charge is 0.335 e. The Morgan fingerprint density at radius 3 is 2.70 bits per heavy atom. The zero-order chi connectivity index (χ0) is 23.8. The van der Waals surface area contributed by atoms with Crippen molar-refractivity contribution in [2.45, 2.75) is 66.3 Å². The fourth-order valence-electron chi connectivity index (χ4n) is 5.36. The van der Waals surface area contributed by atoms with Gasteiger partial charge < -0.3 is 15.2 Å². The van der Waals surface area contributed by atoms with Crippen LogP contribution in [0.4, 0.5) is 0 Å². The number of fused-ring (bicyclic) bond motifs is 1. The Morgan fingerprint density at radius 1 is 1.30 bits per heavy atom. The molecule has 0 aliphatic carbocycles. The zero-order valence-electron chi connectivity index (χ0n) is 20.2. The van der Waals surface area contributed by atoms with Gasteiger partial charge in [-0.25, -0.2) is 4.79 Å². The molecule has 1 spiro atoms. The van der Waals surface area contributed by atoms with Crippen molar-refractivity contribution in [1.82, 2.24) is 15.1 Å². The number of amides is 1. The lowest BCUT2D eigenvalue weighted by Gasteiger charge is -2.36. The van der Waals surface area contributed by atoms with Gasteiger partial charge in [-0.3, -0.25) is 9.48 Å². The third kappa shape index (κ3) is 4.83. The number of carbonyl (C=O) groups is 2. The van der Waals surface area contributed by atoms with Crippen LogP contribution in [-0.4, -0.2) is 46.5 Å². The predicted molar refractivity (Wildman–Crippen MR) is 126 cm³/mol. The van der Waals surface area contributed by atoms with Crippen LogP contribution < -0.4 is 5.32 Å². The molecule has 0 bridgehead atoms. The summed E-state index contributed by atoms with van der Waals surface area (Å²) in [5.74, 6) is -0.929. The van der Waals surface area contributed by atoms with Gasteiger partial charge in [0.2, 0.25) is 0 Å². The molecule has 7 heteroatoms. The van der Waals surface area contributed by atoms with Crippen LogP contribution in [0.1, 0.15) is 76.8 Å². The Balaban J connectivity index is 1.68. The number of benzene rings is 1. The van der Waals surface area contributed by atoms with E-state index in [1.54, 1.807) is 6.07 Å². The van der Waals surface area contributed by atoms with E-state index in [9.17, 15) is 14.7 Å². The number of carboxylic acids is 1. The highest BCUT2D eigenvalue weighted by Gasteiger charge is 2.40. The minimum absolute atomic E-state index is 0.000876. The van der Waals surface area contributed by atoms with E-state index in [4.69, 9.17) is 9.84 Å². The van der Waals surface area contributed by atoms with Crippen LogP contribution in [0.3, 0.4) is 0 Å². The van der Waals surface area contributed by atoms with Gasteiger partial charge in [-0.1, -0.05) is 38.5 Å². The van der Waals surface area contributed by atoms with Crippen molar-refractivity contribution in [3.63, 3.8) is 0 Å². The van der Waals surface area contributed by atoms with Gasteiger partial charge in [0.05, 0.1) is 22.5 Å². The van der Waals surface area contributed by atoms with Crippen LogP contribution in [0.5, 0.6) is 0 Å². The maximum atomic E-state index is 13.1. The Hall–Kier alpha value is -2.67. The SMILES string of the molecule is CCc1nn(CC(C)(C)Cc2cc(C)ccc2C(=O)O)c2c1C(=O)NCC1(CCOCC1)C2. The van der Waals surface area contributed by atoms with Gasteiger partial charge in [-0.05, 0) is 61.5 Å². The predicted octanol–water partition coefficient (Wildman–Crippen LogP) is 3.80. The molecule has 3 heterocycles. The molecule has 2 aliphatic heterocycles. The van der Waals surface area contributed by atoms with E-state index in [1.807, 2.05) is 30.7 Å². The summed E-state index contributed by atoms with van der Waals surface area (Å²) < 4.78 is 7.65. The van der Waals surface area contributed by atoms with Crippen molar-refractivity contribution in [3.8, 4) is 0 Å². The molecule has 33 heavy (non-hydrogen) atoms. The minimum atomic E-state index is -0.903. The highest BCUT2D eigenvalue weighted by atomic mass is 16.5. The molecule has 0 radical (unpaired) electrons. The van der Waals surface area contributed by atoms with Gasteiger partial charge in [-0.15, -0.1) is 0 Å². The number of carbonyl (C=O) groups excluding carboxylic acids is 1. The van der Waals surface area contributed by atoms with Crippen molar-refractivity contribution in [1.29, 1.82) is 0 Å². The zero-order valence-corrected chi connectivity index (χ0v) is 20.2. The van der Waals surface area contributed by atoms with Crippen molar-refractivity contribution in [2.75, 3.05) is 19.8 Å². The summed E-state index contributed by atoms with van der Waals surface area (Å²) >= 11 is 0. The highest BCUT2D eigenvalue weighted by Crippen LogP contribution is 2.38. The van der Waals surface area contributed by atoms with Crippen LogP contribution in [0.2, 0.25) is 0 Å². The Morgan fingerprint density at radius 2 is 2.03 bits per heavy atom. The summed E-state index contributed by atoms with van der Waals surface area (Å²) in [5.41, 5.74) is 4.56. The largest absolute Gasteiger partial charge is 0.478 e. The van der Waals surface area contributed by atoms with Crippen LogP contribution in [-0.2, 0) is 30.5 Å². The van der Waals surface area contributed by atoms with Gasteiger partial charge in [-0.2, -0.15) is 5.10 Å². The molecule has 1 fully saturated rings. The number of carboxylic acid groups (broad SMARTS) is 1. The van der Waals surface area contributed by atoms with Crippen LogP contribution in [0.25, 0.3) is 0 Å². The third-order valence-corrected chi connectivity index (χ3v) is 7.15. The first-order valence-electron chi connectivity index (χ1n) is 11.9. The Labute approximate surface area is 195 Å². The molecule has 0 atom stereocenters. The van der Waals surface area contributed by atoms with E-state index in [0.29, 0.717) is 31.5 Å². The molecule has 0 saturated carbocycles. The average Bonchev–Trinajstić information content (AvgIpc) is 3.01. The van der Waals surface area contributed by atoms with E-state index in [-0.39, 0.29) is 16.7 Å². The second-order valence-electron chi connectivity index (χ2n) is 10.6. The first-order chi connectivity index (χ1) is 15.6. The third-order valence-electron chi connectivity index (χ3n) is 7.15.